The van der Waals surface area contributed by atoms with Crippen LogP contribution in [-0.2, 0) is 14.3 Å². The minimum absolute atomic E-state index is 0. The zero-order valence-electron chi connectivity index (χ0n) is 19.3. The molecule has 0 bridgehead atoms. The molecule has 0 heterocycles. The Balaban J connectivity index is -0.00000312. The van der Waals surface area contributed by atoms with Gasteiger partial charge in [0.15, 0.2) is 0 Å². The molecule has 158 valence electrons. The summed E-state index contributed by atoms with van der Waals surface area (Å²) in [7, 11) is -2.10. The second-order valence-corrected chi connectivity index (χ2v) is 8.97. The first-order valence-corrected chi connectivity index (χ1v) is 12.3. The van der Waals surface area contributed by atoms with Crippen LogP contribution in [0.2, 0.25) is 0 Å². The van der Waals surface area contributed by atoms with Gasteiger partial charge in [-0.1, -0.05) is 76.9 Å². The van der Waals surface area contributed by atoms with Gasteiger partial charge in [0.05, 0.1) is 12.9 Å². The van der Waals surface area contributed by atoms with Crippen LogP contribution in [0, 0.1) is 0 Å². The quantitative estimate of drug-likeness (QED) is 0.144. The average molecular weight is 414 g/mol. The fourth-order valence-electron chi connectivity index (χ4n) is 2.90. The molecule has 4 nitrogen and oxygen atoms in total. The summed E-state index contributed by atoms with van der Waals surface area (Å²) in [5, 5.41) is 3.16. The van der Waals surface area contributed by atoms with Gasteiger partial charge in [0.2, 0.25) is 0 Å². The van der Waals surface area contributed by atoms with E-state index < -0.39 is 10.1 Å². The third-order valence-corrected chi connectivity index (χ3v) is 5.86. The van der Waals surface area contributed by atoms with Crippen LogP contribution >= 0.6 is 0 Å². The Morgan fingerprint density at radius 2 is 1.26 bits per heavy atom. The van der Waals surface area contributed by atoms with Crippen LogP contribution in [0.25, 0.3) is 0 Å². The summed E-state index contributed by atoms with van der Waals surface area (Å²) < 4.78 is 26.6. The summed E-state index contributed by atoms with van der Waals surface area (Å²) in [5.41, 5.74) is 0. The summed E-state index contributed by atoms with van der Waals surface area (Å²) in [6.07, 6.45) is 23.0. The number of rotatable bonds is 20. The van der Waals surface area contributed by atoms with E-state index in [-0.39, 0.29) is 36.7 Å². The van der Waals surface area contributed by atoms with E-state index >= 15 is 0 Å². The Hall–Kier alpha value is 0.610. The largest absolute Gasteiger partial charge is 1.00 e. The van der Waals surface area contributed by atoms with Crippen molar-refractivity contribution >= 4 is 10.1 Å². The van der Waals surface area contributed by atoms with Crippen LogP contribution in [0.15, 0.2) is 12.2 Å². The van der Waals surface area contributed by atoms with E-state index in [2.05, 4.69) is 28.6 Å². The zero-order chi connectivity index (χ0) is 19.3. The van der Waals surface area contributed by atoms with Crippen molar-refractivity contribution in [2.24, 2.45) is 0 Å². The summed E-state index contributed by atoms with van der Waals surface area (Å²) in [5.74, 6) is 0.0515. The number of hydrogen-bond acceptors (Lipinski definition) is 4. The van der Waals surface area contributed by atoms with Gasteiger partial charge < -0.3 is 6.74 Å². The second kappa shape index (κ2) is 22.9. The smallest absolute Gasteiger partial charge is 1.00 e. The van der Waals surface area contributed by atoms with Crippen molar-refractivity contribution in [3.05, 3.63) is 12.2 Å². The van der Waals surface area contributed by atoms with Crippen LogP contribution in [0.1, 0.15) is 98.2 Å². The minimum atomic E-state index is -3.31. The van der Waals surface area contributed by atoms with Crippen molar-refractivity contribution in [2.45, 2.75) is 96.8 Å². The predicted molar refractivity (Wildman–Crippen MR) is 114 cm³/mol. The molecule has 0 aliphatic carbocycles. The molecule has 0 radical (unpaired) electrons. The van der Waals surface area contributed by atoms with Gasteiger partial charge >= 0.3 is 29.6 Å². The molecule has 0 spiro atoms. The van der Waals surface area contributed by atoms with Gasteiger partial charge in [0.1, 0.15) is 0 Å². The van der Waals surface area contributed by atoms with Crippen molar-refractivity contribution in [1.82, 2.24) is 5.32 Å². The van der Waals surface area contributed by atoms with Crippen LogP contribution < -0.4 is 34.9 Å². The Labute approximate surface area is 193 Å². The van der Waals surface area contributed by atoms with Gasteiger partial charge in [-0.2, -0.15) is 8.42 Å². The first-order chi connectivity index (χ1) is 12.6. The van der Waals surface area contributed by atoms with Gasteiger partial charge in [-0.3, -0.25) is 4.18 Å². The van der Waals surface area contributed by atoms with Crippen molar-refractivity contribution < 1.29 is 43.6 Å². The summed E-state index contributed by atoms with van der Waals surface area (Å²) in [6, 6.07) is 0. The first-order valence-electron chi connectivity index (χ1n) is 10.8. The summed E-state index contributed by atoms with van der Waals surface area (Å²) >= 11 is 0. The molecule has 0 saturated carbocycles. The third kappa shape index (κ3) is 24.6. The second-order valence-electron chi connectivity index (χ2n) is 7.12. The Morgan fingerprint density at radius 3 is 1.78 bits per heavy atom. The molecule has 0 atom stereocenters. The Kier molecular flexibility index (Phi) is 25.3. The molecule has 0 fully saturated rings. The van der Waals surface area contributed by atoms with Gasteiger partial charge in [0, 0.05) is 6.54 Å². The van der Waals surface area contributed by atoms with Gasteiger partial charge in [-0.15, -0.1) is 0 Å². The molecule has 0 aliphatic heterocycles. The van der Waals surface area contributed by atoms with E-state index in [4.69, 9.17) is 0 Å². The molecule has 6 heteroatoms. The fraction of sp³-hybridized carbons (Fsp3) is 0.905. The first kappa shape index (κ1) is 29.8. The predicted octanol–water partition coefficient (Wildman–Crippen LogP) is 2.71. The molecule has 1 N–H and O–H groups in total. The van der Waals surface area contributed by atoms with Crippen molar-refractivity contribution in [1.29, 1.82) is 0 Å². The van der Waals surface area contributed by atoms with Crippen LogP contribution in [0.5, 0.6) is 0 Å². The monoisotopic (exact) mass is 413 g/mol. The maximum Gasteiger partial charge on any atom is 1.00 e. The van der Waals surface area contributed by atoms with Crippen LogP contribution in [0.4, 0.5) is 0 Å². The molecule has 27 heavy (non-hydrogen) atoms. The van der Waals surface area contributed by atoms with Crippen LogP contribution in [0.3, 0.4) is 0 Å². The Morgan fingerprint density at radius 1 is 0.778 bits per heavy atom. The number of unbranched alkanes of at least 4 members (excludes halogenated alkanes) is 12. The van der Waals surface area contributed by atoms with Crippen LogP contribution in [-0.4, -0.2) is 34.4 Å². The molecule has 0 aromatic carbocycles. The topological polar surface area (TPSA) is 55.4 Å². The summed E-state index contributed by atoms with van der Waals surface area (Å²) in [4.78, 5) is 0. The number of hydrogen-bond donors (Lipinski definition) is 1. The fourth-order valence-corrected chi connectivity index (χ4v) is 3.46. The van der Waals surface area contributed by atoms with E-state index in [0.29, 0.717) is 6.54 Å². The maximum absolute atomic E-state index is 11.1. The molecule has 0 saturated heterocycles. The zero-order valence-corrected chi connectivity index (χ0v) is 21.1. The molecule has 0 amide bonds. The van der Waals surface area contributed by atoms with E-state index in [1.54, 1.807) is 0 Å². The average Bonchev–Trinajstić information content (AvgIpc) is 2.63. The molecule has 0 aromatic heterocycles. The van der Waals surface area contributed by atoms with E-state index in [1.807, 2.05) is 0 Å². The third-order valence-electron chi connectivity index (χ3n) is 4.65. The SMILES string of the molecule is CCCCCCCC/C=C\CCCCCCCCNCCS(=O)(=O)OC.[H-].[Na+]. The summed E-state index contributed by atoms with van der Waals surface area (Å²) in [6.45, 7) is 3.63. The van der Waals surface area contributed by atoms with Crippen molar-refractivity contribution in [2.75, 3.05) is 26.0 Å². The number of allylic oxidation sites excluding steroid dienone is 2. The molecular formula is C21H44NNaO3S. The van der Waals surface area contributed by atoms with Gasteiger partial charge in [0.25, 0.3) is 10.1 Å². The molecule has 0 aromatic rings. The van der Waals surface area contributed by atoms with E-state index in [9.17, 15) is 8.42 Å². The van der Waals surface area contributed by atoms with Crippen molar-refractivity contribution in [3.63, 3.8) is 0 Å². The standard InChI is InChI=1S/C21H43NO3S.Na.H/c1-3-4-5-6-7-8-9-10-11-12-13-14-15-16-17-18-19-22-20-21-26(23,24)25-2;;/h10-11,22H,3-9,12-21H2,1-2H3;;/q;+1;-1/b11-10-;;. The molecule has 0 rings (SSSR count). The van der Waals surface area contributed by atoms with Gasteiger partial charge in [-0.25, -0.2) is 0 Å². The molecule has 0 unspecified atom stereocenters. The molecule has 0 aliphatic rings. The van der Waals surface area contributed by atoms with E-state index in [1.165, 1.54) is 90.6 Å². The number of nitrogens with one attached hydrogen (secondary N) is 1. The van der Waals surface area contributed by atoms with Crippen molar-refractivity contribution in [3.8, 4) is 0 Å². The van der Waals surface area contributed by atoms with Gasteiger partial charge in [-0.05, 0) is 38.6 Å². The van der Waals surface area contributed by atoms with E-state index in [0.717, 1.165) is 13.0 Å². The Bertz CT molecular complexity index is 420. The maximum atomic E-state index is 11.1. The normalized spacial score (nSPS) is 11.8. The minimum Gasteiger partial charge on any atom is -1.00 e. The molecular weight excluding hydrogens is 369 g/mol.